The molecule has 0 spiro atoms. The van der Waals surface area contributed by atoms with E-state index >= 15 is 0 Å². The minimum Gasteiger partial charge on any atom is -0.423 e. The lowest BCUT2D eigenvalue weighted by Crippen LogP contribution is -2.47. The van der Waals surface area contributed by atoms with Crippen molar-refractivity contribution in [3.63, 3.8) is 0 Å². The van der Waals surface area contributed by atoms with Gasteiger partial charge < -0.3 is 14.2 Å². The molecule has 3 aromatic rings. The maximum Gasteiger partial charge on any atom is 0.298 e. The minimum atomic E-state index is -0.313. The van der Waals surface area contributed by atoms with Crippen LogP contribution in [0.25, 0.3) is 11.1 Å². The third-order valence-corrected chi connectivity index (χ3v) is 4.85. The average molecular weight is 355 g/mol. The summed E-state index contributed by atoms with van der Waals surface area (Å²) in [6, 6.07) is 4.98. The van der Waals surface area contributed by atoms with Gasteiger partial charge in [0.1, 0.15) is 23.0 Å². The fourth-order valence-electron chi connectivity index (χ4n) is 3.52. The quantitative estimate of drug-likeness (QED) is 0.719. The summed E-state index contributed by atoms with van der Waals surface area (Å²) in [6.45, 7) is 9.33. The molecule has 4 rings (SSSR count). The number of halogens is 1. The van der Waals surface area contributed by atoms with Gasteiger partial charge >= 0.3 is 0 Å². The Bertz CT molecular complexity index is 946. The van der Waals surface area contributed by atoms with Crippen LogP contribution in [-0.4, -0.2) is 41.1 Å². The molecule has 0 radical (unpaired) electrons. The zero-order chi connectivity index (χ0) is 18.3. The number of benzene rings is 1. The maximum absolute atomic E-state index is 13.3. The van der Waals surface area contributed by atoms with E-state index in [-0.39, 0.29) is 5.82 Å². The molecule has 7 heteroatoms. The zero-order valence-corrected chi connectivity index (χ0v) is 15.3. The highest BCUT2D eigenvalue weighted by molar-refractivity contribution is 5.74. The van der Waals surface area contributed by atoms with Crippen molar-refractivity contribution in [2.24, 2.45) is 0 Å². The first-order valence-electron chi connectivity index (χ1n) is 8.95. The molecule has 0 unspecified atom stereocenters. The van der Waals surface area contributed by atoms with Gasteiger partial charge in [-0.15, -0.1) is 0 Å². The SMILES string of the molecule is CCc1c(C)nc(C)nc1N1CCN(c2nc3ccc(F)cc3o2)CC1. The summed E-state index contributed by atoms with van der Waals surface area (Å²) in [5.41, 5.74) is 3.43. The van der Waals surface area contributed by atoms with Crippen molar-refractivity contribution < 1.29 is 8.81 Å². The third-order valence-electron chi connectivity index (χ3n) is 4.85. The van der Waals surface area contributed by atoms with Crippen LogP contribution < -0.4 is 9.80 Å². The summed E-state index contributed by atoms with van der Waals surface area (Å²) >= 11 is 0. The Morgan fingerprint density at radius 3 is 2.50 bits per heavy atom. The second-order valence-corrected chi connectivity index (χ2v) is 6.59. The number of fused-ring (bicyclic) bond motifs is 1. The lowest BCUT2D eigenvalue weighted by molar-refractivity contribution is 0.537. The van der Waals surface area contributed by atoms with Gasteiger partial charge in [-0.3, -0.25) is 0 Å². The fraction of sp³-hybridized carbons (Fsp3) is 0.421. The molecule has 1 saturated heterocycles. The second kappa shape index (κ2) is 6.55. The van der Waals surface area contributed by atoms with Crippen molar-refractivity contribution in [3.8, 4) is 0 Å². The van der Waals surface area contributed by atoms with Crippen molar-refractivity contribution in [1.29, 1.82) is 0 Å². The summed E-state index contributed by atoms with van der Waals surface area (Å²) in [5.74, 6) is 1.53. The number of aryl methyl sites for hydroxylation is 2. The summed E-state index contributed by atoms with van der Waals surface area (Å²) in [4.78, 5) is 18.1. The molecule has 136 valence electrons. The molecule has 1 fully saturated rings. The highest BCUT2D eigenvalue weighted by Gasteiger charge is 2.24. The molecule has 2 aromatic heterocycles. The monoisotopic (exact) mass is 355 g/mol. The standard InChI is InChI=1S/C19H22FN5O/c1-4-15-12(2)21-13(3)22-18(15)24-7-9-25(10-8-24)19-23-16-6-5-14(20)11-17(16)26-19/h5-6,11H,4,7-10H2,1-3H3. The summed E-state index contributed by atoms with van der Waals surface area (Å²) < 4.78 is 19.1. The summed E-state index contributed by atoms with van der Waals surface area (Å²) in [5, 5.41) is 0. The topological polar surface area (TPSA) is 58.3 Å². The Balaban J connectivity index is 1.54. The van der Waals surface area contributed by atoms with Gasteiger partial charge in [0.15, 0.2) is 5.58 Å². The van der Waals surface area contributed by atoms with Gasteiger partial charge in [0.25, 0.3) is 6.01 Å². The molecule has 0 N–H and O–H groups in total. The van der Waals surface area contributed by atoms with Crippen molar-refractivity contribution in [3.05, 3.63) is 41.1 Å². The Morgan fingerprint density at radius 2 is 1.77 bits per heavy atom. The van der Waals surface area contributed by atoms with Crippen molar-refractivity contribution in [2.45, 2.75) is 27.2 Å². The van der Waals surface area contributed by atoms with Gasteiger partial charge in [0.2, 0.25) is 0 Å². The first kappa shape index (κ1) is 16.8. The molecule has 1 aliphatic heterocycles. The zero-order valence-electron chi connectivity index (χ0n) is 15.3. The minimum absolute atomic E-state index is 0.313. The van der Waals surface area contributed by atoms with Crippen LogP contribution in [0.2, 0.25) is 0 Å². The van der Waals surface area contributed by atoms with Crippen LogP contribution in [0.1, 0.15) is 24.0 Å². The first-order valence-corrected chi connectivity index (χ1v) is 8.95. The molecule has 0 bridgehead atoms. The molecule has 1 aromatic carbocycles. The van der Waals surface area contributed by atoms with Gasteiger partial charge in [-0.1, -0.05) is 6.92 Å². The number of anilines is 2. The number of rotatable bonds is 3. The largest absolute Gasteiger partial charge is 0.423 e. The van der Waals surface area contributed by atoms with Crippen molar-refractivity contribution >= 4 is 22.9 Å². The maximum atomic E-state index is 13.3. The molecule has 0 aliphatic carbocycles. The Kier molecular flexibility index (Phi) is 4.22. The van der Waals surface area contributed by atoms with E-state index in [1.54, 1.807) is 6.07 Å². The summed E-state index contributed by atoms with van der Waals surface area (Å²) in [6.07, 6.45) is 0.915. The predicted octanol–water partition coefficient (Wildman–Crippen LogP) is 3.26. The first-order chi connectivity index (χ1) is 12.5. The second-order valence-electron chi connectivity index (χ2n) is 6.59. The molecular formula is C19H22FN5O. The van der Waals surface area contributed by atoms with Crippen LogP contribution in [0, 0.1) is 19.7 Å². The number of hydrogen-bond donors (Lipinski definition) is 0. The van der Waals surface area contributed by atoms with Crippen LogP contribution in [0.3, 0.4) is 0 Å². The van der Waals surface area contributed by atoms with Crippen LogP contribution >= 0.6 is 0 Å². The molecule has 3 heterocycles. The van der Waals surface area contributed by atoms with E-state index in [4.69, 9.17) is 4.42 Å². The van der Waals surface area contributed by atoms with E-state index < -0.39 is 0 Å². The highest BCUT2D eigenvalue weighted by Crippen LogP contribution is 2.26. The number of aromatic nitrogens is 3. The number of oxazole rings is 1. The van der Waals surface area contributed by atoms with E-state index in [2.05, 4.69) is 31.7 Å². The number of piperazine rings is 1. The van der Waals surface area contributed by atoms with E-state index in [1.807, 2.05) is 13.8 Å². The summed E-state index contributed by atoms with van der Waals surface area (Å²) in [7, 11) is 0. The van der Waals surface area contributed by atoms with E-state index in [1.165, 1.54) is 17.7 Å². The average Bonchev–Trinajstić information content (AvgIpc) is 3.04. The van der Waals surface area contributed by atoms with Gasteiger partial charge in [0, 0.05) is 43.5 Å². The molecule has 1 aliphatic rings. The van der Waals surface area contributed by atoms with Crippen LogP contribution in [0.15, 0.2) is 22.6 Å². The lowest BCUT2D eigenvalue weighted by Gasteiger charge is -2.35. The Morgan fingerprint density at radius 1 is 1.04 bits per heavy atom. The molecule has 0 saturated carbocycles. The van der Waals surface area contributed by atoms with Crippen LogP contribution in [0.5, 0.6) is 0 Å². The van der Waals surface area contributed by atoms with Crippen LogP contribution in [0.4, 0.5) is 16.2 Å². The fourth-order valence-corrected chi connectivity index (χ4v) is 3.52. The molecular weight excluding hydrogens is 333 g/mol. The lowest BCUT2D eigenvalue weighted by atomic mass is 10.1. The van der Waals surface area contributed by atoms with Gasteiger partial charge in [-0.2, -0.15) is 4.98 Å². The molecule has 26 heavy (non-hydrogen) atoms. The molecule has 0 amide bonds. The van der Waals surface area contributed by atoms with Crippen molar-refractivity contribution in [2.75, 3.05) is 36.0 Å². The van der Waals surface area contributed by atoms with E-state index in [0.717, 1.165) is 49.9 Å². The Hall–Kier alpha value is -2.70. The van der Waals surface area contributed by atoms with E-state index in [0.29, 0.717) is 17.1 Å². The number of hydrogen-bond acceptors (Lipinski definition) is 6. The van der Waals surface area contributed by atoms with Crippen molar-refractivity contribution in [1.82, 2.24) is 15.0 Å². The van der Waals surface area contributed by atoms with Gasteiger partial charge in [0.05, 0.1) is 0 Å². The molecule has 6 nitrogen and oxygen atoms in total. The molecule has 0 atom stereocenters. The van der Waals surface area contributed by atoms with Gasteiger partial charge in [-0.25, -0.2) is 14.4 Å². The van der Waals surface area contributed by atoms with Gasteiger partial charge in [-0.05, 0) is 32.4 Å². The number of nitrogens with zero attached hydrogens (tertiary/aromatic N) is 5. The van der Waals surface area contributed by atoms with E-state index in [9.17, 15) is 4.39 Å². The predicted molar refractivity (Wildman–Crippen MR) is 99.3 cm³/mol. The Labute approximate surface area is 151 Å². The normalized spacial score (nSPS) is 15.1. The highest BCUT2D eigenvalue weighted by atomic mass is 19.1. The third kappa shape index (κ3) is 2.98. The van der Waals surface area contributed by atoms with Crippen LogP contribution in [-0.2, 0) is 6.42 Å². The smallest absolute Gasteiger partial charge is 0.298 e.